The van der Waals surface area contributed by atoms with Gasteiger partial charge in [0, 0.05) is 43.4 Å². The molecule has 0 radical (unpaired) electrons. The van der Waals surface area contributed by atoms with Gasteiger partial charge in [-0.15, -0.1) is 0 Å². The van der Waals surface area contributed by atoms with Crippen molar-refractivity contribution in [3.63, 3.8) is 0 Å². The first-order valence-corrected chi connectivity index (χ1v) is 6.03. The highest BCUT2D eigenvalue weighted by Crippen LogP contribution is 2.42. The highest BCUT2D eigenvalue weighted by Gasteiger charge is 2.40. The normalized spacial score (nSPS) is 27.0. The van der Waals surface area contributed by atoms with Gasteiger partial charge in [0.05, 0.1) is 5.56 Å². The second-order valence-corrected chi connectivity index (χ2v) is 4.89. The third-order valence-electron chi connectivity index (χ3n) is 3.85. The molecule has 3 heterocycles. The summed E-state index contributed by atoms with van der Waals surface area (Å²) in [6.45, 7) is 4.43. The predicted octanol–water partition coefficient (Wildman–Crippen LogP) is 2.00. The molecule has 1 fully saturated rings. The summed E-state index contributed by atoms with van der Waals surface area (Å²) >= 11 is 0. The van der Waals surface area contributed by atoms with Gasteiger partial charge in [-0.05, 0) is 6.07 Å². The van der Waals surface area contributed by atoms with Gasteiger partial charge in [-0.25, -0.2) is 4.98 Å². The highest BCUT2D eigenvalue weighted by molar-refractivity contribution is 5.58. The van der Waals surface area contributed by atoms with E-state index in [1.165, 1.54) is 6.07 Å². The molecular weight excluding hydrogens is 243 g/mol. The maximum atomic E-state index is 12.7. The van der Waals surface area contributed by atoms with Gasteiger partial charge in [-0.1, -0.05) is 6.92 Å². The van der Waals surface area contributed by atoms with E-state index >= 15 is 0 Å². The summed E-state index contributed by atoms with van der Waals surface area (Å²) in [6, 6.07) is 1.48. The number of anilines is 1. The lowest BCUT2D eigenvalue weighted by molar-refractivity contribution is -0.137. The first kappa shape index (κ1) is 11.8. The summed E-state index contributed by atoms with van der Waals surface area (Å²) in [7, 11) is 0. The number of hydrogen-bond donors (Lipinski definition) is 1. The number of aromatic nitrogens is 1. The third-order valence-corrected chi connectivity index (χ3v) is 3.85. The van der Waals surface area contributed by atoms with E-state index in [-0.39, 0.29) is 12.0 Å². The van der Waals surface area contributed by atoms with Crippen molar-refractivity contribution < 1.29 is 13.2 Å². The molecule has 6 heteroatoms. The molecule has 0 amide bonds. The Morgan fingerprint density at radius 3 is 2.94 bits per heavy atom. The third kappa shape index (κ3) is 1.67. The number of halogens is 3. The quantitative estimate of drug-likeness (QED) is 0.770. The van der Waals surface area contributed by atoms with Crippen molar-refractivity contribution in [1.29, 1.82) is 0 Å². The van der Waals surface area contributed by atoms with E-state index in [1.807, 2.05) is 6.92 Å². The van der Waals surface area contributed by atoms with Gasteiger partial charge in [0.2, 0.25) is 0 Å². The Morgan fingerprint density at radius 1 is 1.44 bits per heavy atom. The van der Waals surface area contributed by atoms with E-state index < -0.39 is 11.7 Å². The molecule has 1 aromatic rings. The fourth-order valence-corrected chi connectivity index (χ4v) is 2.85. The molecule has 1 saturated heterocycles. The standard InChI is InChI=1S/C12H14F3N3/c1-7-9-4-8(12(13,14)15)5-17-11(9)18-3-2-16-6-10(7)18/h4-5,7,10,16H,2-3,6H2,1H3/t7-,10+/m1/s1. The Kier molecular flexibility index (Phi) is 2.52. The summed E-state index contributed by atoms with van der Waals surface area (Å²) < 4.78 is 38.1. The molecule has 2 aliphatic heterocycles. The van der Waals surface area contributed by atoms with Gasteiger partial charge in [0.25, 0.3) is 0 Å². The van der Waals surface area contributed by atoms with E-state index in [1.54, 1.807) is 0 Å². The summed E-state index contributed by atoms with van der Waals surface area (Å²) in [6.07, 6.45) is -3.38. The summed E-state index contributed by atoms with van der Waals surface area (Å²) in [4.78, 5) is 6.16. The zero-order chi connectivity index (χ0) is 12.9. The van der Waals surface area contributed by atoms with Crippen LogP contribution in [0.15, 0.2) is 12.3 Å². The molecule has 0 spiro atoms. The molecule has 3 nitrogen and oxygen atoms in total. The minimum atomic E-state index is -4.32. The monoisotopic (exact) mass is 257 g/mol. The average molecular weight is 257 g/mol. The van der Waals surface area contributed by atoms with Crippen LogP contribution in [0.4, 0.5) is 19.0 Å². The maximum absolute atomic E-state index is 12.7. The Bertz CT molecular complexity index is 472. The largest absolute Gasteiger partial charge is 0.417 e. The van der Waals surface area contributed by atoms with Crippen LogP contribution < -0.4 is 10.2 Å². The van der Waals surface area contributed by atoms with Crippen LogP contribution in [0.1, 0.15) is 24.0 Å². The molecule has 98 valence electrons. The van der Waals surface area contributed by atoms with Crippen molar-refractivity contribution >= 4 is 5.82 Å². The van der Waals surface area contributed by atoms with E-state index in [0.29, 0.717) is 0 Å². The average Bonchev–Trinajstić information content (AvgIpc) is 2.63. The molecule has 2 aliphatic rings. The molecule has 0 unspecified atom stereocenters. The second kappa shape index (κ2) is 3.85. The minimum Gasteiger partial charge on any atom is -0.350 e. The molecule has 2 atom stereocenters. The van der Waals surface area contributed by atoms with Crippen LogP contribution in [-0.4, -0.2) is 30.7 Å². The molecule has 0 bridgehead atoms. The fraction of sp³-hybridized carbons (Fsp3) is 0.583. The molecule has 3 rings (SSSR count). The molecule has 1 aromatic heterocycles. The van der Waals surface area contributed by atoms with E-state index in [9.17, 15) is 13.2 Å². The topological polar surface area (TPSA) is 28.2 Å². The van der Waals surface area contributed by atoms with Crippen LogP contribution in [-0.2, 0) is 6.18 Å². The number of rotatable bonds is 0. The Labute approximate surface area is 103 Å². The Hall–Kier alpha value is -1.30. The van der Waals surface area contributed by atoms with Crippen molar-refractivity contribution in [2.75, 3.05) is 24.5 Å². The van der Waals surface area contributed by atoms with Crippen LogP contribution in [0.3, 0.4) is 0 Å². The molecule has 0 aliphatic carbocycles. The molecular formula is C12H14F3N3. The summed E-state index contributed by atoms with van der Waals surface area (Å²) in [5.41, 5.74) is 0.0689. The van der Waals surface area contributed by atoms with Crippen molar-refractivity contribution in [3.05, 3.63) is 23.4 Å². The minimum absolute atomic E-state index is 0.0857. The molecule has 1 N–H and O–H groups in total. The van der Waals surface area contributed by atoms with Crippen LogP contribution in [0, 0.1) is 0 Å². The Balaban J connectivity index is 2.03. The first-order valence-electron chi connectivity index (χ1n) is 6.03. The summed E-state index contributed by atoms with van der Waals surface area (Å²) in [5, 5.41) is 3.27. The van der Waals surface area contributed by atoms with Crippen molar-refractivity contribution in [2.24, 2.45) is 0 Å². The molecule has 0 aromatic carbocycles. The molecule has 18 heavy (non-hydrogen) atoms. The second-order valence-electron chi connectivity index (χ2n) is 4.89. The number of hydrogen-bond acceptors (Lipinski definition) is 3. The summed E-state index contributed by atoms with van der Waals surface area (Å²) in [5.74, 6) is 0.810. The van der Waals surface area contributed by atoms with Gasteiger partial charge >= 0.3 is 6.18 Å². The first-order chi connectivity index (χ1) is 8.48. The zero-order valence-corrected chi connectivity index (χ0v) is 9.96. The van der Waals surface area contributed by atoms with Crippen molar-refractivity contribution in [3.8, 4) is 0 Å². The maximum Gasteiger partial charge on any atom is 0.417 e. The van der Waals surface area contributed by atoms with Gasteiger partial charge in [-0.2, -0.15) is 13.2 Å². The van der Waals surface area contributed by atoms with E-state index in [0.717, 1.165) is 37.2 Å². The van der Waals surface area contributed by atoms with Crippen molar-refractivity contribution in [2.45, 2.75) is 25.1 Å². The van der Waals surface area contributed by atoms with Crippen molar-refractivity contribution in [1.82, 2.24) is 10.3 Å². The van der Waals surface area contributed by atoms with Crippen LogP contribution in [0.5, 0.6) is 0 Å². The highest BCUT2D eigenvalue weighted by atomic mass is 19.4. The SMILES string of the molecule is C[C@@H]1c2cc(C(F)(F)F)cnc2N2CCNC[C@@H]12. The van der Waals surface area contributed by atoms with Crippen LogP contribution >= 0.6 is 0 Å². The lowest BCUT2D eigenvalue weighted by atomic mass is 9.96. The lowest BCUT2D eigenvalue weighted by Gasteiger charge is -2.33. The van der Waals surface area contributed by atoms with Gasteiger partial charge in [0.1, 0.15) is 5.82 Å². The van der Waals surface area contributed by atoms with E-state index in [2.05, 4.69) is 15.2 Å². The molecule has 0 saturated carbocycles. The van der Waals surface area contributed by atoms with Gasteiger partial charge < -0.3 is 10.2 Å². The number of fused-ring (bicyclic) bond motifs is 3. The lowest BCUT2D eigenvalue weighted by Crippen LogP contribution is -2.50. The van der Waals surface area contributed by atoms with Crippen LogP contribution in [0.25, 0.3) is 0 Å². The van der Waals surface area contributed by atoms with Gasteiger partial charge in [-0.3, -0.25) is 0 Å². The Morgan fingerprint density at radius 2 is 2.22 bits per heavy atom. The van der Waals surface area contributed by atoms with E-state index in [4.69, 9.17) is 0 Å². The predicted molar refractivity (Wildman–Crippen MR) is 61.7 cm³/mol. The number of nitrogens with zero attached hydrogens (tertiary/aromatic N) is 2. The number of nitrogens with one attached hydrogen (secondary N) is 1. The smallest absolute Gasteiger partial charge is 0.350 e. The number of alkyl halides is 3. The van der Waals surface area contributed by atoms with Gasteiger partial charge in [0.15, 0.2) is 0 Å². The number of pyridine rings is 1. The zero-order valence-electron chi connectivity index (χ0n) is 9.96. The fourth-order valence-electron chi connectivity index (χ4n) is 2.85. The number of piperazine rings is 1. The van der Waals surface area contributed by atoms with Crippen LogP contribution in [0.2, 0.25) is 0 Å².